The zero-order valence-electron chi connectivity index (χ0n) is 17.3. The van der Waals surface area contributed by atoms with Crippen LogP contribution < -0.4 is 4.74 Å². The molecule has 2 saturated carbocycles. The molecule has 3 rings (SSSR count). The zero-order valence-corrected chi connectivity index (χ0v) is 17.3. The SMILES string of the molecule is C=CCCC[C@H]1CC[C@H](C2CCCCC2)CC1.O=C(O)Oc1ccc(F)c(F)c1. The molecule has 0 bridgehead atoms. The fraction of sp³-hybridized carbons (Fsp3) is 0.625. The van der Waals surface area contributed by atoms with Gasteiger partial charge in [0.25, 0.3) is 0 Å². The molecule has 0 spiro atoms. The van der Waals surface area contributed by atoms with Gasteiger partial charge in [-0.3, -0.25) is 0 Å². The summed E-state index contributed by atoms with van der Waals surface area (Å²) >= 11 is 0. The molecule has 1 N–H and O–H groups in total. The van der Waals surface area contributed by atoms with E-state index < -0.39 is 17.8 Å². The number of carbonyl (C=O) groups is 1. The van der Waals surface area contributed by atoms with E-state index >= 15 is 0 Å². The highest BCUT2D eigenvalue weighted by Crippen LogP contribution is 2.40. The molecule has 0 heterocycles. The molecule has 0 unspecified atom stereocenters. The Morgan fingerprint density at radius 1 is 1.03 bits per heavy atom. The van der Waals surface area contributed by atoms with Crippen molar-refractivity contribution in [3.05, 3.63) is 42.5 Å². The molecule has 0 radical (unpaired) electrons. The van der Waals surface area contributed by atoms with Crippen molar-refractivity contribution in [1.29, 1.82) is 0 Å². The van der Waals surface area contributed by atoms with Gasteiger partial charge in [-0.1, -0.05) is 57.4 Å². The van der Waals surface area contributed by atoms with E-state index in [1.54, 1.807) is 25.7 Å². The summed E-state index contributed by atoms with van der Waals surface area (Å²) in [5, 5.41) is 8.09. The second kappa shape index (κ2) is 12.6. The Bertz CT molecular complexity index is 633. The first-order valence-corrected chi connectivity index (χ1v) is 11.0. The lowest BCUT2D eigenvalue weighted by molar-refractivity contribution is 0.144. The predicted molar refractivity (Wildman–Crippen MR) is 111 cm³/mol. The van der Waals surface area contributed by atoms with Gasteiger partial charge in [0.05, 0.1) is 0 Å². The van der Waals surface area contributed by atoms with E-state index in [1.807, 2.05) is 0 Å². The zero-order chi connectivity index (χ0) is 21.1. The fourth-order valence-corrected chi connectivity index (χ4v) is 4.75. The Kier molecular flexibility index (Phi) is 10.2. The summed E-state index contributed by atoms with van der Waals surface area (Å²) in [4.78, 5) is 9.93. The summed E-state index contributed by atoms with van der Waals surface area (Å²) in [5.74, 6) is 0.821. The van der Waals surface area contributed by atoms with Crippen LogP contribution in [-0.4, -0.2) is 11.3 Å². The smallest absolute Gasteiger partial charge is 0.449 e. The average Bonchev–Trinajstić information content (AvgIpc) is 2.72. The third kappa shape index (κ3) is 8.55. The highest BCUT2D eigenvalue weighted by molar-refractivity contribution is 5.61. The number of carboxylic acid groups (broad SMARTS) is 1. The van der Waals surface area contributed by atoms with Crippen LogP contribution in [0.25, 0.3) is 0 Å². The highest BCUT2D eigenvalue weighted by Gasteiger charge is 2.28. The first-order chi connectivity index (χ1) is 14.0. The molecule has 0 aromatic heterocycles. The van der Waals surface area contributed by atoms with Crippen molar-refractivity contribution in [3.8, 4) is 5.75 Å². The summed E-state index contributed by atoms with van der Waals surface area (Å²) in [5.41, 5.74) is 0. The van der Waals surface area contributed by atoms with Gasteiger partial charge in [0.2, 0.25) is 0 Å². The fourth-order valence-electron chi connectivity index (χ4n) is 4.75. The number of ether oxygens (including phenoxy) is 1. The Morgan fingerprint density at radius 2 is 1.69 bits per heavy atom. The van der Waals surface area contributed by atoms with Gasteiger partial charge in [0, 0.05) is 6.07 Å². The largest absolute Gasteiger partial charge is 0.511 e. The topological polar surface area (TPSA) is 46.5 Å². The molecule has 29 heavy (non-hydrogen) atoms. The van der Waals surface area contributed by atoms with Gasteiger partial charge in [-0.05, 0) is 55.6 Å². The van der Waals surface area contributed by atoms with Gasteiger partial charge in [-0.2, -0.15) is 0 Å². The Labute approximate surface area is 173 Å². The van der Waals surface area contributed by atoms with Gasteiger partial charge >= 0.3 is 6.16 Å². The van der Waals surface area contributed by atoms with Gasteiger partial charge in [-0.15, -0.1) is 6.58 Å². The van der Waals surface area contributed by atoms with E-state index in [1.165, 1.54) is 51.4 Å². The molecule has 0 saturated heterocycles. The molecule has 0 amide bonds. The van der Waals surface area contributed by atoms with Crippen LogP contribution in [0.1, 0.15) is 77.0 Å². The van der Waals surface area contributed by atoms with Crippen molar-refractivity contribution in [2.75, 3.05) is 0 Å². The van der Waals surface area contributed by atoms with Crippen LogP contribution in [0.4, 0.5) is 13.6 Å². The number of rotatable bonds is 6. The van der Waals surface area contributed by atoms with Crippen LogP contribution in [0.3, 0.4) is 0 Å². The van der Waals surface area contributed by atoms with E-state index in [0.29, 0.717) is 6.07 Å². The van der Waals surface area contributed by atoms with E-state index in [2.05, 4.69) is 17.4 Å². The van der Waals surface area contributed by atoms with Crippen LogP contribution in [0.5, 0.6) is 5.75 Å². The van der Waals surface area contributed by atoms with Crippen LogP contribution in [0.15, 0.2) is 30.9 Å². The van der Waals surface area contributed by atoms with Gasteiger partial charge in [0.1, 0.15) is 5.75 Å². The molecule has 2 fully saturated rings. The number of benzene rings is 1. The molecule has 162 valence electrons. The minimum Gasteiger partial charge on any atom is -0.449 e. The lowest BCUT2D eigenvalue weighted by Gasteiger charge is -2.35. The maximum atomic E-state index is 12.4. The standard InChI is InChI=1S/C17H30.C7H4F2O3/c1-2-3-5-8-15-11-13-17(14-12-15)16-9-6-4-7-10-16;8-5-2-1-4(3-6(5)9)12-7(10)11/h2,15-17H,1,3-14H2;1-3H,(H,10,11)/t15-,17-;. The quantitative estimate of drug-likeness (QED) is 0.226. The van der Waals surface area contributed by atoms with Crippen LogP contribution in [0, 0.1) is 29.4 Å². The first kappa shape index (κ1) is 23.4. The molecule has 1 aromatic rings. The number of unbranched alkanes of at least 4 members (excludes halogenated alkanes) is 1. The Hall–Kier alpha value is -1.91. The number of halogens is 2. The third-order valence-corrected chi connectivity index (χ3v) is 6.32. The van der Waals surface area contributed by atoms with Crippen molar-refractivity contribution in [2.24, 2.45) is 17.8 Å². The normalized spacial score (nSPS) is 22.3. The van der Waals surface area contributed by atoms with Crippen molar-refractivity contribution >= 4 is 6.16 Å². The Balaban J connectivity index is 0.000000221. The van der Waals surface area contributed by atoms with Crippen molar-refractivity contribution in [1.82, 2.24) is 0 Å². The molecule has 0 aliphatic heterocycles. The van der Waals surface area contributed by atoms with Crippen LogP contribution in [-0.2, 0) is 0 Å². The first-order valence-electron chi connectivity index (χ1n) is 11.0. The molecule has 3 nitrogen and oxygen atoms in total. The second-order valence-corrected chi connectivity index (χ2v) is 8.34. The third-order valence-electron chi connectivity index (χ3n) is 6.32. The Morgan fingerprint density at radius 3 is 2.28 bits per heavy atom. The number of allylic oxidation sites excluding steroid dienone is 1. The summed E-state index contributed by atoms with van der Waals surface area (Å²) < 4.78 is 28.7. The maximum absolute atomic E-state index is 12.4. The monoisotopic (exact) mass is 408 g/mol. The van der Waals surface area contributed by atoms with Gasteiger partial charge in [0.15, 0.2) is 11.6 Å². The summed E-state index contributed by atoms with van der Waals surface area (Å²) in [6.45, 7) is 3.82. The van der Waals surface area contributed by atoms with Gasteiger partial charge in [-0.25, -0.2) is 13.6 Å². The van der Waals surface area contributed by atoms with E-state index in [9.17, 15) is 13.6 Å². The second-order valence-electron chi connectivity index (χ2n) is 8.34. The molecular formula is C24H34F2O3. The van der Waals surface area contributed by atoms with Crippen molar-refractivity contribution < 1.29 is 23.4 Å². The molecule has 1 aromatic carbocycles. The summed E-state index contributed by atoms with van der Waals surface area (Å²) in [6, 6.07) is 2.46. The summed E-state index contributed by atoms with van der Waals surface area (Å²) in [7, 11) is 0. The van der Waals surface area contributed by atoms with E-state index in [0.717, 1.165) is 29.9 Å². The minimum absolute atomic E-state index is 0.249. The van der Waals surface area contributed by atoms with E-state index in [-0.39, 0.29) is 5.75 Å². The molecule has 0 atom stereocenters. The molecular weight excluding hydrogens is 374 g/mol. The molecule has 2 aliphatic carbocycles. The van der Waals surface area contributed by atoms with Crippen LogP contribution >= 0.6 is 0 Å². The minimum atomic E-state index is -1.57. The predicted octanol–water partition coefficient (Wildman–Crippen LogP) is 7.75. The van der Waals surface area contributed by atoms with E-state index in [4.69, 9.17) is 5.11 Å². The highest BCUT2D eigenvalue weighted by atomic mass is 19.2. The van der Waals surface area contributed by atoms with Crippen LogP contribution in [0.2, 0.25) is 0 Å². The number of hydrogen-bond donors (Lipinski definition) is 1. The summed E-state index contributed by atoms with van der Waals surface area (Å²) in [6.07, 6.45) is 18.4. The molecule has 5 heteroatoms. The van der Waals surface area contributed by atoms with Crippen molar-refractivity contribution in [3.63, 3.8) is 0 Å². The lowest BCUT2D eigenvalue weighted by atomic mass is 9.70. The molecule has 2 aliphatic rings. The lowest BCUT2D eigenvalue weighted by Crippen LogP contribution is -2.23. The van der Waals surface area contributed by atoms with Crippen molar-refractivity contribution in [2.45, 2.75) is 77.0 Å². The van der Waals surface area contributed by atoms with Gasteiger partial charge < -0.3 is 9.84 Å². The maximum Gasteiger partial charge on any atom is 0.511 e. The average molecular weight is 409 g/mol. The number of hydrogen-bond acceptors (Lipinski definition) is 2.